The third-order valence-electron chi connectivity index (χ3n) is 3.29. The van der Waals surface area contributed by atoms with Crippen LogP contribution in [0.3, 0.4) is 0 Å². The van der Waals surface area contributed by atoms with E-state index in [0.29, 0.717) is 11.4 Å². The van der Waals surface area contributed by atoms with Crippen molar-refractivity contribution in [2.75, 3.05) is 5.75 Å². The first-order valence-electron chi connectivity index (χ1n) is 7.26. The molecule has 0 aromatic heterocycles. The molecule has 0 bridgehead atoms. The highest BCUT2D eigenvalue weighted by molar-refractivity contribution is 8.00. The number of halogens is 1. The number of Topliss-reactive ketones (excluding diaryl/α,β-unsaturated/α-hetero) is 1. The zero-order valence-corrected chi connectivity index (χ0v) is 14.4. The van der Waals surface area contributed by atoms with Crippen molar-refractivity contribution >= 4 is 35.1 Å². The number of nitrogens with one attached hydrogen (secondary N) is 1. The maximum atomic E-state index is 12.1. The van der Waals surface area contributed by atoms with Gasteiger partial charge in [-0.25, -0.2) is 0 Å². The Balaban J connectivity index is 1.88. The lowest BCUT2D eigenvalue weighted by Gasteiger charge is -2.16. The molecule has 5 heteroatoms. The van der Waals surface area contributed by atoms with Crippen LogP contribution >= 0.6 is 23.4 Å². The van der Waals surface area contributed by atoms with Gasteiger partial charge in [0.05, 0.1) is 11.8 Å². The monoisotopic (exact) mass is 347 g/mol. The number of benzene rings is 2. The molecule has 120 valence electrons. The maximum absolute atomic E-state index is 12.1. The van der Waals surface area contributed by atoms with Crippen LogP contribution in [0.4, 0.5) is 0 Å². The van der Waals surface area contributed by atoms with Crippen LogP contribution in [0, 0.1) is 0 Å². The minimum Gasteiger partial charge on any atom is -0.345 e. The Morgan fingerprint density at radius 1 is 1.09 bits per heavy atom. The molecule has 0 aliphatic heterocycles. The Morgan fingerprint density at radius 2 is 1.74 bits per heavy atom. The molecule has 2 rings (SSSR count). The Labute approximate surface area is 145 Å². The summed E-state index contributed by atoms with van der Waals surface area (Å²) in [5, 5.41) is 3.48. The third kappa shape index (κ3) is 6.08. The first kappa shape index (κ1) is 17.6. The summed E-state index contributed by atoms with van der Waals surface area (Å²) in [5.74, 6) is 0.0694. The van der Waals surface area contributed by atoms with Gasteiger partial charge in [-0.2, -0.15) is 0 Å². The molecular weight excluding hydrogens is 330 g/mol. The van der Waals surface area contributed by atoms with Crippen molar-refractivity contribution in [1.29, 1.82) is 0 Å². The van der Waals surface area contributed by atoms with Crippen molar-refractivity contribution < 1.29 is 9.59 Å². The Morgan fingerprint density at radius 3 is 2.35 bits per heavy atom. The number of rotatable bonds is 7. The quantitative estimate of drug-likeness (QED) is 0.776. The highest BCUT2D eigenvalue weighted by atomic mass is 35.5. The van der Waals surface area contributed by atoms with E-state index in [2.05, 4.69) is 5.32 Å². The van der Waals surface area contributed by atoms with Gasteiger partial charge in [0.25, 0.3) is 0 Å². The van der Waals surface area contributed by atoms with E-state index in [1.54, 1.807) is 12.1 Å². The van der Waals surface area contributed by atoms with E-state index in [9.17, 15) is 9.59 Å². The lowest BCUT2D eigenvalue weighted by Crippen LogP contribution is -2.42. The summed E-state index contributed by atoms with van der Waals surface area (Å²) >= 11 is 7.24. The highest BCUT2D eigenvalue weighted by Crippen LogP contribution is 2.20. The highest BCUT2D eigenvalue weighted by Gasteiger charge is 2.17. The molecule has 2 aromatic rings. The molecule has 0 aliphatic rings. The zero-order valence-electron chi connectivity index (χ0n) is 12.8. The molecule has 1 unspecified atom stereocenters. The molecule has 2 aromatic carbocycles. The summed E-state index contributed by atoms with van der Waals surface area (Å²) in [4.78, 5) is 24.8. The summed E-state index contributed by atoms with van der Waals surface area (Å²) < 4.78 is 0. The Bertz CT molecular complexity index is 658. The van der Waals surface area contributed by atoms with Crippen molar-refractivity contribution in [2.24, 2.45) is 0 Å². The molecule has 3 nitrogen and oxygen atoms in total. The average molecular weight is 348 g/mol. The predicted molar refractivity (Wildman–Crippen MR) is 94.9 cm³/mol. The van der Waals surface area contributed by atoms with Gasteiger partial charge in [0.1, 0.15) is 0 Å². The van der Waals surface area contributed by atoms with Gasteiger partial charge in [0, 0.05) is 9.92 Å². The van der Waals surface area contributed by atoms with E-state index in [-0.39, 0.29) is 17.4 Å². The number of ketones is 1. The smallest absolute Gasteiger partial charge is 0.230 e. The summed E-state index contributed by atoms with van der Waals surface area (Å²) in [5.41, 5.74) is 1.03. The predicted octanol–water partition coefficient (Wildman–Crippen LogP) is 3.75. The minimum atomic E-state index is -0.490. The van der Waals surface area contributed by atoms with Crippen LogP contribution in [0.2, 0.25) is 5.02 Å². The van der Waals surface area contributed by atoms with E-state index < -0.39 is 6.04 Å². The van der Waals surface area contributed by atoms with Gasteiger partial charge in [-0.05, 0) is 43.2 Å². The van der Waals surface area contributed by atoms with E-state index >= 15 is 0 Å². The van der Waals surface area contributed by atoms with Crippen LogP contribution in [0.15, 0.2) is 59.5 Å². The van der Waals surface area contributed by atoms with Gasteiger partial charge in [-0.15, -0.1) is 11.8 Å². The molecule has 0 saturated heterocycles. The fourth-order valence-electron chi connectivity index (χ4n) is 2.06. The van der Waals surface area contributed by atoms with E-state index in [0.717, 1.165) is 10.5 Å². The van der Waals surface area contributed by atoms with Crippen LogP contribution in [-0.2, 0) is 16.0 Å². The molecule has 0 heterocycles. The van der Waals surface area contributed by atoms with Crippen LogP contribution in [0.1, 0.15) is 12.5 Å². The Kier molecular flexibility index (Phi) is 6.68. The fourth-order valence-corrected chi connectivity index (χ4v) is 2.90. The maximum Gasteiger partial charge on any atom is 0.230 e. The first-order valence-corrected chi connectivity index (χ1v) is 8.63. The van der Waals surface area contributed by atoms with Crippen LogP contribution in [-0.4, -0.2) is 23.5 Å². The number of carbonyl (C=O) groups is 2. The molecule has 0 aliphatic carbocycles. The van der Waals surface area contributed by atoms with E-state index in [4.69, 9.17) is 11.6 Å². The normalized spacial score (nSPS) is 11.7. The van der Waals surface area contributed by atoms with E-state index in [1.807, 2.05) is 42.5 Å². The molecule has 0 saturated carbocycles. The number of thioether (sulfide) groups is 1. The first-order chi connectivity index (χ1) is 11.0. The second kappa shape index (κ2) is 8.75. The van der Waals surface area contributed by atoms with Crippen molar-refractivity contribution in [3.8, 4) is 0 Å². The minimum absolute atomic E-state index is 0.0429. The van der Waals surface area contributed by atoms with Crippen molar-refractivity contribution in [3.63, 3.8) is 0 Å². The van der Waals surface area contributed by atoms with Gasteiger partial charge in [-0.3, -0.25) is 9.59 Å². The molecule has 1 atom stereocenters. The SMILES string of the molecule is CC(=O)C(Cc1ccccc1)NC(=O)CSc1ccc(Cl)cc1. The van der Waals surface area contributed by atoms with Crippen molar-refractivity contribution in [2.45, 2.75) is 24.3 Å². The molecule has 23 heavy (non-hydrogen) atoms. The van der Waals surface area contributed by atoms with Gasteiger partial charge in [-0.1, -0.05) is 41.9 Å². The summed E-state index contributed by atoms with van der Waals surface area (Å²) in [7, 11) is 0. The molecule has 1 N–H and O–H groups in total. The summed E-state index contributed by atoms with van der Waals surface area (Å²) in [6.45, 7) is 1.50. The molecular formula is C18H18ClNO2S. The number of hydrogen-bond acceptors (Lipinski definition) is 3. The molecule has 0 fully saturated rings. The summed E-state index contributed by atoms with van der Waals surface area (Å²) in [6, 6.07) is 16.5. The molecule has 0 spiro atoms. The molecule has 1 amide bonds. The Hall–Kier alpha value is -1.78. The fraction of sp³-hybridized carbons (Fsp3) is 0.222. The van der Waals surface area contributed by atoms with Crippen LogP contribution < -0.4 is 5.32 Å². The largest absolute Gasteiger partial charge is 0.345 e. The second-order valence-corrected chi connectivity index (χ2v) is 6.65. The van der Waals surface area contributed by atoms with E-state index in [1.165, 1.54) is 18.7 Å². The number of hydrogen-bond donors (Lipinski definition) is 1. The lowest BCUT2D eigenvalue weighted by molar-refractivity contribution is -0.125. The number of carbonyl (C=O) groups excluding carboxylic acids is 2. The zero-order chi connectivity index (χ0) is 16.7. The van der Waals surface area contributed by atoms with Crippen LogP contribution in [0.5, 0.6) is 0 Å². The van der Waals surface area contributed by atoms with Crippen molar-refractivity contribution in [1.82, 2.24) is 5.32 Å². The van der Waals surface area contributed by atoms with Gasteiger partial charge in [0.15, 0.2) is 5.78 Å². The topological polar surface area (TPSA) is 46.2 Å². The van der Waals surface area contributed by atoms with Crippen molar-refractivity contribution in [3.05, 3.63) is 65.2 Å². The number of amides is 1. The standard InChI is InChI=1S/C18H18ClNO2S/c1-13(21)17(11-14-5-3-2-4-6-14)20-18(22)12-23-16-9-7-15(19)8-10-16/h2-10,17H,11-12H2,1H3,(H,20,22). The summed E-state index contributed by atoms with van der Waals surface area (Å²) in [6.07, 6.45) is 0.507. The lowest BCUT2D eigenvalue weighted by atomic mass is 10.0. The van der Waals surface area contributed by atoms with Gasteiger partial charge >= 0.3 is 0 Å². The van der Waals surface area contributed by atoms with Gasteiger partial charge in [0.2, 0.25) is 5.91 Å². The van der Waals surface area contributed by atoms with Crippen LogP contribution in [0.25, 0.3) is 0 Å². The second-order valence-electron chi connectivity index (χ2n) is 5.16. The third-order valence-corrected chi connectivity index (χ3v) is 4.56. The average Bonchev–Trinajstić information content (AvgIpc) is 2.54. The van der Waals surface area contributed by atoms with Gasteiger partial charge < -0.3 is 5.32 Å². The molecule has 0 radical (unpaired) electrons.